The first kappa shape index (κ1) is 14.5. The average molecular weight is 241 g/mol. The zero-order chi connectivity index (χ0) is 12.8. The van der Waals surface area contributed by atoms with E-state index in [9.17, 15) is 4.79 Å². The Morgan fingerprint density at radius 1 is 1.47 bits per heavy atom. The van der Waals surface area contributed by atoms with Gasteiger partial charge in [-0.3, -0.25) is 4.79 Å². The van der Waals surface area contributed by atoms with Crippen molar-refractivity contribution in [2.24, 2.45) is 5.92 Å². The lowest BCUT2D eigenvalue weighted by atomic mass is 10.0. The average Bonchev–Trinajstić information content (AvgIpc) is 2.68. The number of nitrogens with zero attached hydrogens (tertiary/aromatic N) is 1. The predicted molar refractivity (Wildman–Crippen MR) is 71.0 cm³/mol. The van der Waals surface area contributed by atoms with Gasteiger partial charge >= 0.3 is 0 Å². The van der Waals surface area contributed by atoms with Gasteiger partial charge in [0, 0.05) is 25.0 Å². The maximum atomic E-state index is 11.9. The maximum absolute atomic E-state index is 11.9. The molecule has 2 N–H and O–H groups in total. The van der Waals surface area contributed by atoms with Crippen LogP contribution < -0.4 is 10.6 Å². The molecule has 0 aromatic rings. The number of carbonyl (C=O) groups excluding carboxylic acids is 1. The second-order valence-electron chi connectivity index (χ2n) is 5.68. The third-order valence-electron chi connectivity index (χ3n) is 3.31. The van der Waals surface area contributed by atoms with Gasteiger partial charge in [-0.1, -0.05) is 13.8 Å². The van der Waals surface area contributed by atoms with Gasteiger partial charge in [0.25, 0.3) is 0 Å². The summed E-state index contributed by atoms with van der Waals surface area (Å²) in [5.74, 6) is 0.655. The summed E-state index contributed by atoms with van der Waals surface area (Å²) in [6.07, 6.45) is 2.95. The summed E-state index contributed by atoms with van der Waals surface area (Å²) in [5.41, 5.74) is 0. The maximum Gasteiger partial charge on any atom is 0.221 e. The third-order valence-corrected chi connectivity index (χ3v) is 3.31. The summed E-state index contributed by atoms with van der Waals surface area (Å²) in [4.78, 5) is 14.0. The minimum atomic E-state index is 0.185. The first-order valence-electron chi connectivity index (χ1n) is 6.66. The van der Waals surface area contributed by atoms with Crippen LogP contribution >= 0.6 is 0 Å². The van der Waals surface area contributed by atoms with E-state index in [0.29, 0.717) is 18.4 Å². The molecule has 0 bridgehead atoms. The van der Waals surface area contributed by atoms with Gasteiger partial charge in [-0.15, -0.1) is 0 Å². The Hall–Kier alpha value is -0.610. The molecule has 1 aliphatic rings. The molecule has 1 rings (SSSR count). The van der Waals surface area contributed by atoms with Crippen LogP contribution in [0.25, 0.3) is 0 Å². The molecule has 1 amide bonds. The lowest BCUT2D eigenvalue weighted by Gasteiger charge is -2.26. The van der Waals surface area contributed by atoms with Crippen molar-refractivity contribution in [3.05, 3.63) is 0 Å². The van der Waals surface area contributed by atoms with Gasteiger partial charge in [0.15, 0.2) is 0 Å². The van der Waals surface area contributed by atoms with Gasteiger partial charge in [0.05, 0.1) is 0 Å². The molecule has 2 atom stereocenters. The minimum absolute atomic E-state index is 0.185. The number of carbonyl (C=O) groups is 1. The first-order valence-corrected chi connectivity index (χ1v) is 6.66. The molecule has 17 heavy (non-hydrogen) atoms. The Morgan fingerprint density at radius 3 is 2.65 bits per heavy atom. The Bertz CT molecular complexity index is 235. The van der Waals surface area contributed by atoms with Gasteiger partial charge in [0.2, 0.25) is 5.91 Å². The van der Waals surface area contributed by atoms with Crippen LogP contribution in [0.2, 0.25) is 0 Å². The first-order chi connectivity index (χ1) is 7.99. The standard InChI is InChI=1S/C13H27N3O/c1-10(2)12(9-16(3)4)15-13(17)8-11-6-5-7-14-11/h10-12,14H,5-9H2,1-4H3,(H,15,17). The normalized spacial score (nSPS) is 22.1. The topological polar surface area (TPSA) is 44.4 Å². The second-order valence-corrected chi connectivity index (χ2v) is 5.68. The van der Waals surface area contributed by atoms with E-state index in [2.05, 4.69) is 29.4 Å². The highest BCUT2D eigenvalue weighted by Crippen LogP contribution is 2.09. The predicted octanol–water partition coefficient (Wildman–Crippen LogP) is 0.831. The van der Waals surface area contributed by atoms with Crippen LogP contribution in [0.4, 0.5) is 0 Å². The molecule has 0 radical (unpaired) electrons. The van der Waals surface area contributed by atoms with E-state index in [1.54, 1.807) is 0 Å². The summed E-state index contributed by atoms with van der Waals surface area (Å²) in [7, 11) is 4.08. The molecule has 100 valence electrons. The van der Waals surface area contributed by atoms with Crippen molar-refractivity contribution in [2.45, 2.75) is 45.2 Å². The van der Waals surface area contributed by atoms with Crippen molar-refractivity contribution in [3.63, 3.8) is 0 Å². The number of nitrogens with one attached hydrogen (secondary N) is 2. The lowest BCUT2D eigenvalue weighted by Crippen LogP contribution is -2.46. The SMILES string of the molecule is CC(C)C(CN(C)C)NC(=O)CC1CCCN1. The van der Waals surface area contributed by atoms with Crippen LogP contribution in [0, 0.1) is 5.92 Å². The quantitative estimate of drug-likeness (QED) is 0.724. The number of rotatable bonds is 6. The van der Waals surface area contributed by atoms with Crippen LogP contribution in [0.1, 0.15) is 33.1 Å². The molecule has 1 heterocycles. The molecule has 1 saturated heterocycles. The van der Waals surface area contributed by atoms with Crippen molar-refractivity contribution in [2.75, 3.05) is 27.2 Å². The van der Waals surface area contributed by atoms with Crippen molar-refractivity contribution in [1.82, 2.24) is 15.5 Å². The molecule has 4 heteroatoms. The van der Waals surface area contributed by atoms with E-state index in [0.717, 1.165) is 19.5 Å². The molecule has 0 aliphatic carbocycles. The zero-order valence-corrected chi connectivity index (χ0v) is 11.6. The highest BCUT2D eigenvalue weighted by Gasteiger charge is 2.21. The summed E-state index contributed by atoms with van der Waals surface area (Å²) >= 11 is 0. The lowest BCUT2D eigenvalue weighted by molar-refractivity contribution is -0.122. The molecular formula is C13H27N3O. The zero-order valence-electron chi connectivity index (χ0n) is 11.6. The summed E-state index contributed by atoms with van der Waals surface area (Å²) < 4.78 is 0. The fraction of sp³-hybridized carbons (Fsp3) is 0.923. The van der Waals surface area contributed by atoms with Gasteiger partial charge in [-0.25, -0.2) is 0 Å². The largest absolute Gasteiger partial charge is 0.352 e. The van der Waals surface area contributed by atoms with Crippen LogP contribution in [0.3, 0.4) is 0 Å². The molecule has 1 fully saturated rings. The summed E-state index contributed by atoms with van der Waals surface area (Å²) in [5, 5.41) is 6.51. The van der Waals surface area contributed by atoms with Gasteiger partial charge < -0.3 is 15.5 Å². The van der Waals surface area contributed by atoms with Crippen LogP contribution in [0.5, 0.6) is 0 Å². The molecule has 0 aromatic heterocycles. The van der Waals surface area contributed by atoms with Crippen LogP contribution in [-0.2, 0) is 4.79 Å². The minimum Gasteiger partial charge on any atom is -0.352 e. The number of amides is 1. The van der Waals surface area contributed by atoms with Crippen molar-refractivity contribution >= 4 is 5.91 Å². The fourth-order valence-electron chi connectivity index (χ4n) is 2.24. The van der Waals surface area contributed by atoms with E-state index in [4.69, 9.17) is 0 Å². The Morgan fingerprint density at radius 2 is 2.18 bits per heavy atom. The molecule has 0 aromatic carbocycles. The molecule has 1 aliphatic heterocycles. The Labute approximate surface area is 105 Å². The van der Waals surface area contributed by atoms with Gasteiger partial charge in [-0.2, -0.15) is 0 Å². The highest BCUT2D eigenvalue weighted by molar-refractivity contribution is 5.77. The summed E-state index contributed by atoms with van der Waals surface area (Å²) in [6, 6.07) is 0.640. The summed E-state index contributed by atoms with van der Waals surface area (Å²) in [6.45, 7) is 6.27. The third kappa shape index (κ3) is 5.50. The molecule has 4 nitrogen and oxygen atoms in total. The Balaban J connectivity index is 2.34. The van der Waals surface area contributed by atoms with Crippen molar-refractivity contribution in [3.8, 4) is 0 Å². The van der Waals surface area contributed by atoms with Crippen molar-refractivity contribution < 1.29 is 4.79 Å². The second kappa shape index (κ2) is 6.97. The van der Waals surface area contributed by atoms with E-state index >= 15 is 0 Å². The number of hydrogen-bond donors (Lipinski definition) is 2. The van der Waals surface area contributed by atoms with Crippen LogP contribution in [0.15, 0.2) is 0 Å². The van der Waals surface area contributed by atoms with E-state index in [-0.39, 0.29) is 11.9 Å². The smallest absolute Gasteiger partial charge is 0.221 e. The van der Waals surface area contributed by atoms with E-state index in [1.807, 2.05) is 14.1 Å². The number of hydrogen-bond acceptors (Lipinski definition) is 3. The number of likely N-dealkylation sites (N-methyl/N-ethyl adjacent to an activating group) is 1. The Kier molecular flexibility index (Phi) is 5.92. The van der Waals surface area contributed by atoms with E-state index in [1.165, 1.54) is 6.42 Å². The monoisotopic (exact) mass is 241 g/mol. The molecular weight excluding hydrogens is 214 g/mol. The molecule has 0 spiro atoms. The highest BCUT2D eigenvalue weighted by atomic mass is 16.1. The van der Waals surface area contributed by atoms with Crippen molar-refractivity contribution in [1.29, 1.82) is 0 Å². The van der Waals surface area contributed by atoms with Gasteiger partial charge in [0.1, 0.15) is 0 Å². The molecule has 0 saturated carbocycles. The molecule has 2 unspecified atom stereocenters. The fourth-order valence-corrected chi connectivity index (χ4v) is 2.24. The van der Waals surface area contributed by atoms with E-state index < -0.39 is 0 Å². The van der Waals surface area contributed by atoms with Crippen LogP contribution in [-0.4, -0.2) is 50.1 Å². The van der Waals surface area contributed by atoms with Gasteiger partial charge in [-0.05, 0) is 39.4 Å².